The molecule has 2 fully saturated rings. The lowest BCUT2D eigenvalue weighted by Gasteiger charge is -2.35. The molecule has 4 heteroatoms. The molecule has 3 aliphatic rings. The zero-order valence-corrected chi connectivity index (χ0v) is 14.1. The van der Waals surface area contributed by atoms with E-state index >= 15 is 0 Å². The number of rotatable bonds is 11. The molecule has 1 unspecified atom stereocenters. The number of nitrogens with zero attached hydrogens (tertiary/aromatic N) is 1. The Hall–Kier alpha value is -0.420. The maximum Gasteiger partial charge on any atom is 0.0828 e. The Bertz CT molecular complexity index is 373. The second-order valence-electron chi connectivity index (χ2n) is 7.18. The molecule has 4 nitrogen and oxygen atoms in total. The quantitative estimate of drug-likeness (QED) is 0.433. The molecule has 1 heterocycles. The third-order valence-corrected chi connectivity index (χ3v) is 5.27. The number of allylic oxidation sites excluding steroid dienone is 1. The monoisotopic (exact) mass is 309 g/mol. The van der Waals surface area contributed by atoms with E-state index in [1.165, 1.54) is 24.8 Å². The van der Waals surface area contributed by atoms with E-state index in [-0.39, 0.29) is 0 Å². The maximum atomic E-state index is 5.79. The van der Waals surface area contributed by atoms with E-state index in [0.717, 1.165) is 57.6 Å². The van der Waals surface area contributed by atoms with Crippen LogP contribution >= 0.6 is 0 Å². The lowest BCUT2D eigenvalue weighted by Crippen LogP contribution is -2.49. The standard InChI is InChI=1S/C18H31NO3/c1-19-11-17(12-19)22-7-5-3-4-6-21-13-15-10-18(15)14-8-16(9-14)20-2/h10,14,16-18H,3-9,11-13H2,1-2H3. The molecule has 3 rings (SSSR count). The normalized spacial score (nSPS) is 31.5. The van der Waals surface area contributed by atoms with E-state index in [1.807, 2.05) is 7.11 Å². The number of likely N-dealkylation sites (N-methyl/N-ethyl adjacent to an activating group) is 1. The molecule has 2 aliphatic carbocycles. The minimum Gasteiger partial charge on any atom is -0.381 e. The second-order valence-corrected chi connectivity index (χ2v) is 7.18. The number of methoxy groups -OCH3 is 1. The molecule has 0 bridgehead atoms. The predicted molar refractivity (Wildman–Crippen MR) is 87.0 cm³/mol. The van der Waals surface area contributed by atoms with Gasteiger partial charge >= 0.3 is 0 Å². The lowest BCUT2D eigenvalue weighted by atomic mass is 9.77. The third-order valence-electron chi connectivity index (χ3n) is 5.27. The first-order valence-electron chi connectivity index (χ1n) is 8.87. The van der Waals surface area contributed by atoms with E-state index in [1.54, 1.807) is 0 Å². The summed E-state index contributed by atoms with van der Waals surface area (Å²) >= 11 is 0. The Morgan fingerprint density at radius 3 is 2.59 bits per heavy atom. The van der Waals surface area contributed by atoms with Gasteiger partial charge in [0.25, 0.3) is 0 Å². The molecule has 1 aliphatic heterocycles. The summed E-state index contributed by atoms with van der Waals surface area (Å²) in [5.41, 5.74) is 1.52. The first kappa shape index (κ1) is 16.4. The van der Waals surface area contributed by atoms with Gasteiger partial charge in [-0.05, 0) is 50.6 Å². The fourth-order valence-corrected chi connectivity index (χ4v) is 3.53. The highest BCUT2D eigenvalue weighted by Gasteiger charge is 2.41. The topological polar surface area (TPSA) is 30.9 Å². The number of hydrogen-bond donors (Lipinski definition) is 0. The Balaban J connectivity index is 1.08. The minimum absolute atomic E-state index is 0.490. The molecule has 0 radical (unpaired) electrons. The van der Waals surface area contributed by atoms with Crippen molar-refractivity contribution in [3.05, 3.63) is 11.6 Å². The number of unbranched alkanes of at least 4 members (excludes halogenated alkanes) is 2. The van der Waals surface area contributed by atoms with Crippen molar-refractivity contribution in [2.24, 2.45) is 11.8 Å². The average molecular weight is 309 g/mol. The summed E-state index contributed by atoms with van der Waals surface area (Å²) < 4.78 is 16.9. The summed E-state index contributed by atoms with van der Waals surface area (Å²) in [5.74, 6) is 1.58. The van der Waals surface area contributed by atoms with Crippen molar-refractivity contribution in [1.82, 2.24) is 4.90 Å². The fraction of sp³-hybridized carbons (Fsp3) is 0.889. The Morgan fingerprint density at radius 1 is 1.09 bits per heavy atom. The van der Waals surface area contributed by atoms with Crippen molar-refractivity contribution in [3.63, 3.8) is 0 Å². The van der Waals surface area contributed by atoms with Crippen LogP contribution in [0.4, 0.5) is 0 Å². The number of hydrogen-bond acceptors (Lipinski definition) is 4. The van der Waals surface area contributed by atoms with Gasteiger partial charge in [-0.3, -0.25) is 0 Å². The summed E-state index contributed by atoms with van der Waals surface area (Å²) in [7, 11) is 3.96. The van der Waals surface area contributed by atoms with Crippen LogP contribution in [-0.4, -0.2) is 64.2 Å². The number of ether oxygens (including phenoxy) is 3. The molecular formula is C18H31NO3. The molecule has 22 heavy (non-hydrogen) atoms. The first-order chi connectivity index (χ1) is 10.8. The Morgan fingerprint density at radius 2 is 1.86 bits per heavy atom. The zero-order chi connectivity index (χ0) is 15.4. The summed E-state index contributed by atoms with van der Waals surface area (Å²) in [6, 6.07) is 0. The van der Waals surface area contributed by atoms with Gasteiger partial charge in [0, 0.05) is 39.3 Å². The molecule has 0 amide bonds. The van der Waals surface area contributed by atoms with E-state index in [2.05, 4.69) is 18.0 Å². The smallest absolute Gasteiger partial charge is 0.0828 e. The molecule has 0 aromatic rings. The highest BCUT2D eigenvalue weighted by atomic mass is 16.5. The highest BCUT2D eigenvalue weighted by Crippen LogP contribution is 2.46. The molecule has 126 valence electrons. The van der Waals surface area contributed by atoms with E-state index in [0.29, 0.717) is 12.2 Å². The summed E-state index contributed by atoms with van der Waals surface area (Å²) in [6.45, 7) is 4.86. The Labute approximate surface area is 134 Å². The molecule has 1 saturated heterocycles. The van der Waals surface area contributed by atoms with Crippen LogP contribution in [0, 0.1) is 11.8 Å². The highest BCUT2D eigenvalue weighted by molar-refractivity contribution is 5.32. The van der Waals surface area contributed by atoms with Crippen LogP contribution in [0.5, 0.6) is 0 Å². The van der Waals surface area contributed by atoms with Crippen LogP contribution < -0.4 is 0 Å². The van der Waals surface area contributed by atoms with Crippen molar-refractivity contribution in [2.45, 2.75) is 44.3 Å². The third kappa shape index (κ3) is 4.54. The van der Waals surface area contributed by atoms with Gasteiger partial charge < -0.3 is 19.1 Å². The van der Waals surface area contributed by atoms with Crippen molar-refractivity contribution in [2.75, 3.05) is 47.1 Å². The van der Waals surface area contributed by atoms with Crippen LogP contribution in [0.2, 0.25) is 0 Å². The van der Waals surface area contributed by atoms with Crippen molar-refractivity contribution in [3.8, 4) is 0 Å². The number of likely N-dealkylation sites (tertiary alicyclic amines) is 1. The molecule has 0 aromatic heterocycles. The molecular weight excluding hydrogens is 278 g/mol. The Kier molecular flexibility index (Phi) is 5.91. The summed E-state index contributed by atoms with van der Waals surface area (Å²) in [5, 5.41) is 0. The van der Waals surface area contributed by atoms with Gasteiger partial charge in [0.2, 0.25) is 0 Å². The van der Waals surface area contributed by atoms with Gasteiger partial charge in [-0.2, -0.15) is 0 Å². The molecule has 0 spiro atoms. The van der Waals surface area contributed by atoms with E-state index in [4.69, 9.17) is 14.2 Å². The lowest BCUT2D eigenvalue weighted by molar-refractivity contribution is -0.0444. The van der Waals surface area contributed by atoms with Gasteiger partial charge in [0.05, 0.1) is 18.8 Å². The first-order valence-corrected chi connectivity index (χ1v) is 8.87. The van der Waals surface area contributed by atoms with Crippen LogP contribution in [0.1, 0.15) is 32.1 Å². The average Bonchev–Trinajstić information content (AvgIpc) is 3.17. The van der Waals surface area contributed by atoms with E-state index in [9.17, 15) is 0 Å². The predicted octanol–water partition coefficient (Wildman–Crippen LogP) is 2.49. The van der Waals surface area contributed by atoms with Crippen molar-refractivity contribution >= 4 is 0 Å². The molecule has 0 N–H and O–H groups in total. The largest absolute Gasteiger partial charge is 0.381 e. The van der Waals surface area contributed by atoms with Crippen LogP contribution in [-0.2, 0) is 14.2 Å². The minimum atomic E-state index is 0.490. The fourth-order valence-electron chi connectivity index (χ4n) is 3.53. The van der Waals surface area contributed by atoms with Crippen molar-refractivity contribution < 1.29 is 14.2 Å². The maximum absolute atomic E-state index is 5.79. The zero-order valence-electron chi connectivity index (χ0n) is 14.1. The molecule has 1 saturated carbocycles. The summed E-state index contributed by atoms with van der Waals surface area (Å²) in [6.07, 6.45) is 9.39. The summed E-state index contributed by atoms with van der Waals surface area (Å²) in [4.78, 5) is 2.29. The van der Waals surface area contributed by atoms with Crippen molar-refractivity contribution in [1.29, 1.82) is 0 Å². The molecule has 1 atom stereocenters. The van der Waals surface area contributed by atoms with Gasteiger partial charge in [-0.25, -0.2) is 0 Å². The second kappa shape index (κ2) is 7.91. The SMILES string of the molecule is COC1CC(C2C=C2COCCCCCOC2CN(C)C2)C1. The van der Waals surface area contributed by atoms with E-state index < -0.39 is 0 Å². The van der Waals surface area contributed by atoms with Gasteiger partial charge in [-0.15, -0.1) is 0 Å². The van der Waals surface area contributed by atoms with Gasteiger partial charge in [-0.1, -0.05) is 6.08 Å². The molecule has 0 aromatic carbocycles. The van der Waals surface area contributed by atoms with Gasteiger partial charge in [0.1, 0.15) is 0 Å². The van der Waals surface area contributed by atoms with Crippen LogP contribution in [0.25, 0.3) is 0 Å². The van der Waals surface area contributed by atoms with Crippen LogP contribution in [0.15, 0.2) is 11.6 Å². The van der Waals surface area contributed by atoms with Crippen LogP contribution in [0.3, 0.4) is 0 Å². The van der Waals surface area contributed by atoms with Gasteiger partial charge in [0.15, 0.2) is 0 Å².